The van der Waals surface area contributed by atoms with Crippen molar-refractivity contribution >= 4 is 23.5 Å². The van der Waals surface area contributed by atoms with Crippen LogP contribution in [0.5, 0.6) is 0 Å². The molecular formula is C46H66N12O3. The topological polar surface area (TPSA) is 177 Å². The Balaban J connectivity index is 0.864. The largest absolute Gasteiger partial charge is 0.383 e. The van der Waals surface area contributed by atoms with Gasteiger partial charge in [-0.1, -0.05) is 0 Å². The molecular weight excluding hydrogens is 769 g/mol. The maximum absolute atomic E-state index is 5.54. The van der Waals surface area contributed by atoms with Gasteiger partial charge in [0.25, 0.3) is 0 Å². The molecule has 4 aromatic heterocycles. The maximum Gasteiger partial charge on any atom is 0.223 e. The Kier molecular flexibility index (Phi) is 15.6. The summed E-state index contributed by atoms with van der Waals surface area (Å²) < 4.78 is 16.1. The van der Waals surface area contributed by atoms with Crippen molar-refractivity contribution in [3.63, 3.8) is 0 Å². The van der Waals surface area contributed by atoms with Crippen LogP contribution in [-0.4, -0.2) is 121 Å². The van der Waals surface area contributed by atoms with Crippen molar-refractivity contribution in [1.82, 2.24) is 40.5 Å². The summed E-state index contributed by atoms with van der Waals surface area (Å²) in [6, 6.07) is 13.9. The highest BCUT2D eigenvalue weighted by atomic mass is 16.5. The number of hydrogen-bond donors (Lipinski definition) is 6. The molecule has 5 heterocycles. The van der Waals surface area contributed by atoms with Crippen LogP contribution in [0.25, 0.3) is 22.5 Å². The van der Waals surface area contributed by atoms with Crippen molar-refractivity contribution in [1.29, 1.82) is 0 Å². The molecule has 1 aliphatic heterocycles. The van der Waals surface area contributed by atoms with Crippen LogP contribution in [0.3, 0.4) is 0 Å². The van der Waals surface area contributed by atoms with Crippen molar-refractivity contribution in [2.75, 3.05) is 88.1 Å². The average Bonchev–Trinajstić information content (AvgIpc) is 4.09. The van der Waals surface area contributed by atoms with Crippen molar-refractivity contribution in [3.8, 4) is 22.5 Å². The van der Waals surface area contributed by atoms with E-state index in [1.807, 2.05) is 49.1 Å². The summed E-state index contributed by atoms with van der Waals surface area (Å²) >= 11 is 0. The number of anilines is 4. The lowest BCUT2D eigenvalue weighted by Crippen LogP contribution is -2.45. The molecule has 61 heavy (non-hydrogen) atoms. The van der Waals surface area contributed by atoms with Gasteiger partial charge in [-0.25, -0.2) is 29.9 Å². The zero-order chi connectivity index (χ0) is 41.6. The molecule has 15 heteroatoms. The molecule has 6 N–H and O–H groups in total. The van der Waals surface area contributed by atoms with Gasteiger partial charge in [0.1, 0.15) is 11.6 Å². The van der Waals surface area contributed by atoms with Crippen LogP contribution >= 0.6 is 0 Å². The second kappa shape index (κ2) is 22.0. The van der Waals surface area contributed by atoms with Crippen molar-refractivity contribution in [2.45, 2.75) is 88.4 Å². The predicted octanol–water partition coefficient (Wildman–Crippen LogP) is 6.12. The molecule has 3 aliphatic carbocycles. The van der Waals surface area contributed by atoms with E-state index in [0.29, 0.717) is 53.7 Å². The molecule has 328 valence electrons. The van der Waals surface area contributed by atoms with Gasteiger partial charge in [-0.15, -0.1) is 0 Å². The van der Waals surface area contributed by atoms with Gasteiger partial charge in [0, 0.05) is 114 Å². The lowest BCUT2D eigenvalue weighted by molar-refractivity contribution is 0.0699. The van der Waals surface area contributed by atoms with Crippen molar-refractivity contribution in [2.24, 2.45) is 23.7 Å². The molecule has 8 rings (SSSR count). The molecule has 4 aromatic rings. The van der Waals surface area contributed by atoms with Gasteiger partial charge >= 0.3 is 0 Å². The first-order valence-corrected chi connectivity index (χ1v) is 22.7. The van der Waals surface area contributed by atoms with Crippen LogP contribution in [0.2, 0.25) is 0 Å². The molecule has 1 saturated heterocycles. The van der Waals surface area contributed by atoms with Gasteiger partial charge in [-0.2, -0.15) is 0 Å². The van der Waals surface area contributed by atoms with Crippen LogP contribution in [-0.2, 0) is 14.2 Å². The summed E-state index contributed by atoms with van der Waals surface area (Å²) in [5.41, 5.74) is 3.84. The highest BCUT2D eigenvalue weighted by Gasteiger charge is 2.47. The van der Waals surface area contributed by atoms with Gasteiger partial charge in [-0.05, 0) is 124 Å². The van der Waals surface area contributed by atoms with Gasteiger partial charge in [0.15, 0.2) is 0 Å². The van der Waals surface area contributed by atoms with Crippen LogP contribution in [0.15, 0.2) is 61.2 Å². The number of nitrogens with one attached hydrogen (secondary N) is 6. The smallest absolute Gasteiger partial charge is 0.223 e. The fourth-order valence-electron chi connectivity index (χ4n) is 9.58. The highest BCUT2D eigenvalue weighted by Crippen LogP contribution is 2.50. The molecule has 3 unspecified atom stereocenters. The zero-order valence-electron chi connectivity index (χ0n) is 36.0. The highest BCUT2D eigenvalue weighted by molar-refractivity contribution is 5.64. The van der Waals surface area contributed by atoms with Gasteiger partial charge < -0.3 is 46.1 Å². The summed E-state index contributed by atoms with van der Waals surface area (Å²) in [6.07, 6.45) is 18.5. The molecule has 4 aliphatic rings. The third-order valence-electron chi connectivity index (χ3n) is 13.2. The second-order valence-corrected chi connectivity index (χ2v) is 17.4. The molecule has 15 nitrogen and oxygen atoms in total. The Hall–Kier alpha value is -4.54. The Morgan fingerprint density at radius 2 is 1.16 bits per heavy atom. The molecule has 3 saturated carbocycles. The molecule has 0 bridgehead atoms. The predicted molar refractivity (Wildman–Crippen MR) is 241 cm³/mol. The van der Waals surface area contributed by atoms with Crippen molar-refractivity contribution in [3.05, 3.63) is 61.2 Å². The minimum absolute atomic E-state index is 0.287. The van der Waals surface area contributed by atoms with Gasteiger partial charge in [0.05, 0.1) is 24.6 Å². The molecule has 0 amide bonds. The second-order valence-electron chi connectivity index (χ2n) is 17.4. The molecule has 5 atom stereocenters. The SMILES string of the molecule is COCCNC1CCC(Nc2nccc(-c3ccnc(NCC4CC4C4C[C@H](NCCOC)CC[C@H]4Nc4nccc(-c5ccnc(NCC6CCOCC6)c5)n4)c3)n2)CC1. The summed E-state index contributed by atoms with van der Waals surface area (Å²) in [7, 11) is 3.51. The van der Waals surface area contributed by atoms with Gasteiger partial charge in [0.2, 0.25) is 11.9 Å². The van der Waals surface area contributed by atoms with E-state index in [4.69, 9.17) is 34.1 Å². The van der Waals surface area contributed by atoms with Gasteiger partial charge in [-0.3, -0.25) is 0 Å². The van der Waals surface area contributed by atoms with E-state index >= 15 is 0 Å². The summed E-state index contributed by atoms with van der Waals surface area (Å²) in [4.78, 5) is 28.5. The third-order valence-corrected chi connectivity index (χ3v) is 13.2. The summed E-state index contributed by atoms with van der Waals surface area (Å²) in [6.45, 7) is 6.70. The number of nitrogens with zero attached hydrogens (tertiary/aromatic N) is 6. The monoisotopic (exact) mass is 835 g/mol. The number of ether oxygens (including phenoxy) is 3. The maximum atomic E-state index is 5.54. The molecule has 0 spiro atoms. The normalized spacial score (nSPS) is 25.4. The lowest BCUT2D eigenvalue weighted by atomic mass is 9.78. The van der Waals surface area contributed by atoms with E-state index in [-0.39, 0.29) is 6.04 Å². The quantitative estimate of drug-likeness (QED) is 0.0529. The summed E-state index contributed by atoms with van der Waals surface area (Å²) in [5.74, 6) is 5.37. The Morgan fingerprint density at radius 3 is 1.82 bits per heavy atom. The minimum Gasteiger partial charge on any atom is -0.383 e. The lowest BCUT2D eigenvalue weighted by Gasteiger charge is -2.37. The molecule has 4 fully saturated rings. The Morgan fingerprint density at radius 1 is 0.590 bits per heavy atom. The number of methoxy groups -OCH3 is 2. The van der Waals surface area contributed by atoms with Crippen LogP contribution in [0, 0.1) is 23.7 Å². The van der Waals surface area contributed by atoms with Crippen LogP contribution < -0.4 is 31.9 Å². The summed E-state index contributed by atoms with van der Waals surface area (Å²) in [5, 5.41) is 22.0. The standard InChI is InChI=1S/C46H66N12O3/c1-59-23-19-47-35-3-5-36(6-4-35)55-45-51-17-11-40(56-45)33-10-16-50-44(27-33)54-30-34-25-38(34)39-28-37(48-20-24-60-2)7-8-42(39)58-46-52-18-12-41(57-46)32-9-15-49-43(26-32)53-29-31-13-21-61-22-14-31/h9-12,15-18,26-27,31,34-39,42,47-48H,3-8,13-14,19-25,28-30H2,1-2H3,(H,49,53)(H,50,54)(H,51,55,56)(H,52,57,58)/t34?,35?,36?,37-,38?,39?,42-/m1/s1. The van der Waals surface area contributed by atoms with E-state index in [1.165, 1.54) is 6.42 Å². The Labute approximate surface area is 361 Å². The first-order chi connectivity index (χ1) is 30.1. The van der Waals surface area contributed by atoms with E-state index < -0.39 is 0 Å². The van der Waals surface area contributed by atoms with E-state index in [1.54, 1.807) is 14.2 Å². The average molecular weight is 835 g/mol. The van der Waals surface area contributed by atoms with Crippen LogP contribution in [0.1, 0.15) is 64.2 Å². The number of rotatable bonds is 21. The minimum atomic E-state index is 0.287. The third kappa shape index (κ3) is 12.5. The Bertz CT molecular complexity index is 1940. The van der Waals surface area contributed by atoms with Crippen LogP contribution in [0.4, 0.5) is 23.5 Å². The fourth-order valence-corrected chi connectivity index (χ4v) is 9.58. The first kappa shape index (κ1) is 43.1. The molecule has 0 radical (unpaired) electrons. The van der Waals surface area contributed by atoms with E-state index in [9.17, 15) is 0 Å². The van der Waals surface area contributed by atoms with E-state index in [2.05, 4.69) is 54.0 Å². The number of pyridine rings is 2. The van der Waals surface area contributed by atoms with Crippen molar-refractivity contribution < 1.29 is 14.2 Å². The fraction of sp³-hybridized carbons (Fsp3) is 0.609. The first-order valence-electron chi connectivity index (χ1n) is 22.7. The number of aromatic nitrogens is 6. The van der Waals surface area contributed by atoms with E-state index in [0.717, 1.165) is 145 Å². The zero-order valence-corrected chi connectivity index (χ0v) is 36.0. The number of hydrogen-bond acceptors (Lipinski definition) is 15. The molecule has 0 aromatic carbocycles.